The van der Waals surface area contributed by atoms with E-state index in [1.54, 1.807) is 11.3 Å². The van der Waals surface area contributed by atoms with Gasteiger partial charge >= 0.3 is 24.3 Å². The molecule has 17 heteroatoms. The Morgan fingerprint density at radius 1 is 1.00 bits per heavy atom. The van der Waals surface area contributed by atoms with Crippen molar-refractivity contribution in [2.75, 3.05) is 39.8 Å². The maximum atomic E-state index is 12.9. The maximum Gasteiger partial charge on any atom is 0.490 e. The molecule has 212 valence electrons. The summed E-state index contributed by atoms with van der Waals surface area (Å²) in [5.41, 5.74) is 2.86. The van der Waals surface area contributed by atoms with Gasteiger partial charge in [-0.1, -0.05) is 6.07 Å². The van der Waals surface area contributed by atoms with Gasteiger partial charge in [-0.05, 0) is 18.5 Å². The smallest absolute Gasteiger partial charge is 0.475 e. The monoisotopic (exact) mass is 573 g/mol. The van der Waals surface area contributed by atoms with E-state index in [1.165, 1.54) is 4.88 Å². The second-order valence-corrected chi connectivity index (χ2v) is 9.30. The molecule has 1 amide bonds. The van der Waals surface area contributed by atoms with Crippen molar-refractivity contribution in [2.45, 2.75) is 31.9 Å². The summed E-state index contributed by atoms with van der Waals surface area (Å²) in [4.78, 5) is 38.6. The first kappa shape index (κ1) is 31.0. The number of halogens is 6. The predicted molar refractivity (Wildman–Crippen MR) is 122 cm³/mol. The molecule has 2 aliphatic heterocycles. The Balaban J connectivity index is 0.000000301. The van der Waals surface area contributed by atoms with Gasteiger partial charge in [-0.25, -0.2) is 9.59 Å². The lowest BCUT2D eigenvalue weighted by molar-refractivity contribution is -0.193. The van der Waals surface area contributed by atoms with Gasteiger partial charge < -0.3 is 20.0 Å². The number of piperazine rings is 1. The number of hydrogen-bond acceptors (Lipinski definition) is 7. The van der Waals surface area contributed by atoms with Crippen LogP contribution in [0.1, 0.15) is 26.6 Å². The molecule has 0 saturated carbocycles. The molecule has 2 aromatic rings. The molecule has 4 heterocycles. The number of fused-ring (bicyclic) bond motifs is 1. The van der Waals surface area contributed by atoms with Gasteiger partial charge in [0.05, 0.1) is 0 Å². The van der Waals surface area contributed by atoms with Crippen LogP contribution in [0.25, 0.3) is 0 Å². The highest BCUT2D eigenvalue weighted by Crippen LogP contribution is 2.24. The number of rotatable bonds is 3. The number of likely N-dealkylation sites (N-methyl/N-ethyl adjacent to an activating group) is 1. The number of aromatic nitrogens is 2. The van der Waals surface area contributed by atoms with Crippen LogP contribution in [0, 0.1) is 0 Å². The molecule has 2 aliphatic rings. The van der Waals surface area contributed by atoms with Crippen LogP contribution in [0.15, 0.2) is 17.5 Å². The molecule has 0 atom stereocenters. The van der Waals surface area contributed by atoms with Crippen LogP contribution < -0.4 is 0 Å². The number of aliphatic carboxylic acids is 2. The third-order valence-electron chi connectivity index (χ3n) is 5.45. The highest BCUT2D eigenvalue weighted by Gasteiger charge is 2.39. The van der Waals surface area contributed by atoms with E-state index in [-0.39, 0.29) is 5.91 Å². The second kappa shape index (κ2) is 13.1. The summed E-state index contributed by atoms with van der Waals surface area (Å²) < 4.78 is 63.5. The normalized spacial score (nSPS) is 16.4. The first-order chi connectivity index (χ1) is 17.6. The van der Waals surface area contributed by atoms with E-state index >= 15 is 0 Å². The predicted octanol–water partition coefficient (Wildman–Crippen LogP) is 2.68. The zero-order valence-corrected chi connectivity index (χ0v) is 20.8. The lowest BCUT2D eigenvalue weighted by Gasteiger charge is -2.32. The van der Waals surface area contributed by atoms with E-state index < -0.39 is 24.3 Å². The lowest BCUT2D eigenvalue weighted by Crippen LogP contribution is -2.47. The van der Waals surface area contributed by atoms with Crippen molar-refractivity contribution in [1.82, 2.24) is 24.9 Å². The van der Waals surface area contributed by atoms with Crippen LogP contribution in [-0.2, 0) is 29.1 Å². The Morgan fingerprint density at radius 3 is 2.03 bits per heavy atom. The summed E-state index contributed by atoms with van der Waals surface area (Å²) in [6.07, 6.45) is -9.23. The number of carbonyl (C=O) groups is 3. The zero-order chi connectivity index (χ0) is 28.7. The van der Waals surface area contributed by atoms with Gasteiger partial charge in [-0.2, -0.15) is 31.4 Å². The number of hydrogen-bond donors (Lipinski definition) is 3. The minimum absolute atomic E-state index is 0.0820. The van der Waals surface area contributed by atoms with Gasteiger partial charge in [0.25, 0.3) is 5.91 Å². The fourth-order valence-electron chi connectivity index (χ4n) is 3.45. The quantitative estimate of drug-likeness (QED) is 0.478. The standard InChI is InChI=1S/C17H23N5OS.2C2HF3O2/c1-20-6-8-22(9-7-20)17(23)16-14-12-21(5-4-15(14)18-19-16)11-13-3-2-10-24-13;2*3-2(4,5)1(6)7/h2-3,10H,4-9,11-12H2,1H3,(H,18,19);2*(H,6,7). The third-order valence-corrected chi connectivity index (χ3v) is 6.31. The molecule has 0 unspecified atom stereocenters. The van der Waals surface area contributed by atoms with Gasteiger partial charge in [-0.3, -0.25) is 14.8 Å². The summed E-state index contributed by atoms with van der Waals surface area (Å²) >= 11 is 1.79. The van der Waals surface area contributed by atoms with Gasteiger partial charge in [0.15, 0.2) is 5.69 Å². The minimum atomic E-state index is -5.08. The number of carbonyl (C=O) groups excluding carboxylic acids is 1. The Labute approximate surface area is 216 Å². The number of thiophene rings is 1. The number of carboxylic acid groups (broad SMARTS) is 2. The summed E-state index contributed by atoms with van der Waals surface area (Å²) in [5.74, 6) is -5.43. The van der Waals surface area contributed by atoms with Crippen molar-refractivity contribution in [3.05, 3.63) is 39.3 Å². The van der Waals surface area contributed by atoms with Crippen molar-refractivity contribution in [3.63, 3.8) is 0 Å². The molecule has 3 N–H and O–H groups in total. The van der Waals surface area contributed by atoms with Gasteiger partial charge in [-0.15, -0.1) is 11.3 Å². The van der Waals surface area contributed by atoms with Crippen LogP contribution in [0.2, 0.25) is 0 Å². The van der Waals surface area contributed by atoms with Crippen molar-refractivity contribution >= 4 is 29.2 Å². The molecule has 10 nitrogen and oxygen atoms in total. The molecule has 0 aliphatic carbocycles. The van der Waals surface area contributed by atoms with Gasteiger partial charge in [0, 0.05) is 68.4 Å². The molecular weight excluding hydrogens is 548 g/mol. The zero-order valence-electron chi connectivity index (χ0n) is 20.0. The molecule has 0 aromatic carbocycles. The largest absolute Gasteiger partial charge is 0.490 e. The average molecular weight is 574 g/mol. The summed E-state index contributed by atoms with van der Waals surface area (Å²) in [5, 5.41) is 23.8. The van der Waals surface area contributed by atoms with E-state index in [0.717, 1.165) is 63.5 Å². The average Bonchev–Trinajstić information content (AvgIpc) is 3.48. The SMILES string of the molecule is CN1CCN(C(=O)c2n[nH]c3c2CN(Cc2cccs2)CC3)CC1.O=C(O)C(F)(F)F.O=C(O)C(F)(F)F. The summed E-state index contributed by atoms with van der Waals surface area (Å²) in [7, 11) is 2.10. The second-order valence-electron chi connectivity index (χ2n) is 8.27. The first-order valence-corrected chi connectivity index (χ1v) is 11.9. The molecular formula is C21H25F6N5O5S. The number of amides is 1. The number of carboxylic acids is 2. The van der Waals surface area contributed by atoms with Crippen molar-refractivity contribution < 1.29 is 50.9 Å². The maximum absolute atomic E-state index is 12.9. The van der Waals surface area contributed by atoms with Gasteiger partial charge in [0.1, 0.15) is 0 Å². The van der Waals surface area contributed by atoms with Gasteiger partial charge in [0.2, 0.25) is 0 Å². The Morgan fingerprint density at radius 2 is 1.55 bits per heavy atom. The fraction of sp³-hybridized carbons (Fsp3) is 0.524. The van der Waals surface area contributed by atoms with E-state index in [9.17, 15) is 31.1 Å². The minimum Gasteiger partial charge on any atom is -0.475 e. The molecule has 0 spiro atoms. The Hall–Kier alpha value is -3.18. The molecule has 4 rings (SSSR count). The topological polar surface area (TPSA) is 130 Å². The third kappa shape index (κ3) is 9.29. The highest BCUT2D eigenvalue weighted by molar-refractivity contribution is 7.09. The molecule has 0 bridgehead atoms. The van der Waals surface area contributed by atoms with E-state index in [2.05, 4.69) is 44.6 Å². The summed E-state index contributed by atoms with van der Waals surface area (Å²) in [6.45, 7) is 6.20. The molecule has 38 heavy (non-hydrogen) atoms. The lowest BCUT2D eigenvalue weighted by atomic mass is 10.0. The summed E-state index contributed by atoms with van der Waals surface area (Å²) in [6, 6.07) is 4.27. The van der Waals surface area contributed by atoms with E-state index in [4.69, 9.17) is 19.8 Å². The van der Waals surface area contributed by atoms with Crippen molar-refractivity contribution in [3.8, 4) is 0 Å². The number of alkyl halides is 6. The molecule has 2 aromatic heterocycles. The highest BCUT2D eigenvalue weighted by atomic mass is 32.1. The first-order valence-electron chi connectivity index (χ1n) is 11.0. The van der Waals surface area contributed by atoms with Crippen molar-refractivity contribution in [2.24, 2.45) is 0 Å². The van der Waals surface area contributed by atoms with E-state index in [1.807, 2.05) is 4.90 Å². The van der Waals surface area contributed by atoms with E-state index in [0.29, 0.717) is 5.69 Å². The number of aromatic amines is 1. The molecule has 1 fully saturated rings. The van der Waals surface area contributed by atoms with Crippen LogP contribution in [0.5, 0.6) is 0 Å². The Kier molecular flexibility index (Phi) is 10.7. The van der Waals surface area contributed by atoms with Crippen molar-refractivity contribution in [1.29, 1.82) is 0 Å². The van der Waals surface area contributed by atoms with Crippen LogP contribution >= 0.6 is 11.3 Å². The number of H-pyrrole nitrogens is 1. The Bertz CT molecular complexity index is 1060. The fourth-order valence-corrected chi connectivity index (χ4v) is 4.19. The van der Waals surface area contributed by atoms with Crippen LogP contribution in [0.4, 0.5) is 26.3 Å². The van der Waals surface area contributed by atoms with Crippen LogP contribution in [0.3, 0.4) is 0 Å². The number of nitrogens with zero attached hydrogens (tertiary/aromatic N) is 4. The molecule has 1 saturated heterocycles. The number of nitrogens with one attached hydrogen (secondary N) is 1. The van der Waals surface area contributed by atoms with Crippen LogP contribution in [-0.4, -0.2) is 105 Å². The molecule has 0 radical (unpaired) electrons.